The first-order valence-corrected chi connectivity index (χ1v) is 7.21. The van der Waals surface area contributed by atoms with Gasteiger partial charge in [-0.2, -0.15) is 0 Å². The summed E-state index contributed by atoms with van der Waals surface area (Å²) in [5.74, 6) is -0.928. The molecule has 0 spiro atoms. The van der Waals surface area contributed by atoms with Crippen LogP contribution in [0.5, 0.6) is 0 Å². The normalized spacial score (nSPS) is 22.2. The second-order valence-electron chi connectivity index (χ2n) is 5.41. The number of hydrogen-bond acceptors (Lipinski definition) is 2. The summed E-state index contributed by atoms with van der Waals surface area (Å²) in [7, 11) is 0. The molecule has 1 aromatic carbocycles. The maximum absolute atomic E-state index is 12.0. The average molecular weight is 275 g/mol. The highest BCUT2D eigenvalue weighted by molar-refractivity contribution is 5.79. The predicted molar refractivity (Wildman–Crippen MR) is 76.2 cm³/mol. The van der Waals surface area contributed by atoms with Crippen LogP contribution in [0, 0.1) is 11.8 Å². The van der Waals surface area contributed by atoms with Crippen molar-refractivity contribution in [3.63, 3.8) is 0 Å². The Bertz CT molecular complexity index is 450. The van der Waals surface area contributed by atoms with E-state index in [1.54, 1.807) is 0 Å². The van der Waals surface area contributed by atoms with Crippen LogP contribution in [0.2, 0.25) is 0 Å². The van der Waals surface area contributed by atoms with Crippen molar-refractivity contribution in [2.24, 2.45) is 11.8 Å². The molecule has 0 heterocycles. The Balaban J connectivity index is 1.69. The summed E-state index contributed by atoms with van der Waals surface area (Å²) in [5, 5.41) is 11.9. The van der Waals surface area contributed by atoms with E-state index in [1.165, 1.54) is 5.56 Å². The third kappa shape index (κ3) is 4.08. The molecule has 1 aromatic rings. The van der Waals surface area contributed by atoms with Crippen LogP contribution in [-0.4, -0.2) is 23.5 Å². The topological polar surface area (TPSA) is 66.4 Å². The zero-order valence-electron chi connectivity index (χ0n) is 11.5. The van der Waals surface area contributed by atoms with Crippen molar-refractivity contribution in [3.05, 3.63) is 35.9 Å². The molecule has 1 aliphatic carbocycles. The third-order valence-corrected chi connectivity index (χ3v) is 4.00. The van der Waals surface area contributed by atoms with E-state index in [-0.39, 0.29) is 17.7 Å². The number of hydrogen-bond donors (Lipinski definition) is 2. The highest BCUT2D eigenvalue weighted by Crippen LogP contribution is 2.28. The minimum absolute atomic E-state index is 0.0126. The molecule has 2 rings (SSSR count). The van der Waals surface area contributed by atoms with E-state index in [1.807, 2.05) is 30.3 Å². The molecule has 108 valence electrons. The fourth-order valence-electron chi connectivity index (χ4n) is 2.72. The summed E-state index contributed by atoms with van der Waals surface area (Å²) in [4.78, 5) is 22.9. The molecule has 0 radical (unpaired) electrons. The smallest absolute Gasteiger partial charge is 0.306 e. The van der Waals surface area contributed by atoms with Crippen LogP contribution in [0.1, 0.15) is 31.2 Å². The average Bonchev–Trinajstić information content (AvgIpc) is 2.48. The molecule has 1 fully saturated rings. The lowest BCUT2D eigenvalue weighted by atomic mass is 9.81. The highest BCUT2D eigenvalue weighted by Gasteiger charge is 2.29. The van der Waals surface area contributed by atoms with Crippen LogP contribution in [0.3, 0.4) is 0 Å². The van der Waals surface area contributed by atoms with Gasteiger partial charge in [-0.05, 0) is 37.7 Å². The molecule has 1 aliphatic rings. The quantitative estimate of drug-likeness (QED) is 0.866. The lowest BCUT2D eigenvalue weighted by Gasteiger charge is -2.25. The Labute approximate surface area is 119 Å². The number of benzene rings is 1. The molecule has 1 amide bonds. The number of nitrogens with one attached hydrogen (secondary N) is 1. The van der Waals surface area contributed by atoms with E-state index >= 15 is 0 Å². The van der Waals surface area contributed by atoms with Gasteiger partial charge in [0.2, 0.25) is 5.91 Å². The number of carbonyl (C=O) groups excluding carboxylic acids is 1. The Kier molecular flexibility index (Phi) is 5.16. The molecular formula is C16H21NO3. The summed E-state index contributed by atoms with van der Waals surface area (Å²) in [6.45, 7) is 0.641. The summed E-state index contributed by atoms with van der Waals surface area (Å²) in [6, 6.07) is 10.0. The lowest BCUT2D eigenvalue weighted by molar-refractivity contribution is -0.144. The van der Waals surface area contributed by atoms with Gasteiger partial charge in [-0.3, -0.25) is 9.59 Å². The molecule has 0 unspecified atom stereocenters. The summed E-state index contributed by atoms with van der Waals surface area (Å²) in [5.41, 5.74) is 1.21. The molecule has 4 heteroatoms. The van der Waals surface area contributed by atoms with Crippen molar-refractivity contribution in [1.82, 2.24) is 5.32 Å². The molecule has 0 saturated heterocycles. The van der Waals surface area contributed by atoms with Gasteiger partial charge < -0.3 is 10.4 Å². The van der Waals surface area contributed by atoms with Gasteiger partial charge in [0, 0.05) is 12.5 Å². The number of aliphatic carboxylic acids is 1. The maximum Gasteiger partial charge on any atom is 0.306 e. The zero-order chi connectivity index (χ0) is 14.4. The van der Waals surface area contributed by atoms with Crippen molar-refractivity contribution in [2.45, 2.75) is 32.1 Å². The van der Waals surface area contributed by atoms with E-state index in [9.17, 15) is 9.59 Å². The molecule has 4 nitrogen and oxygen atoms in total. The third-order valence-electron chi connectivity index (χ3n) is 4.00. The molecule has 0 atom stereocenters. The Morgan fingerprint density at radius 3 is 2.25 bits per heavy atom. The summed E-state index contributed by atoms with van der Waals surface area (Å²) in [6.07, 6.45) is 3.44. The van der Waals surface area contributed by atoms with E-state index in [4.69, 9.17) is 5.11 Å². The fraction of sp³-hybridized carbons (Fsp3) is 0.500. The number of carbonyl (C=O) groups is 2. The number of carboxylic acids is 1. The van der Waals surface area contributed by atoms with Gasteiger partial charge in [0.15, 0.2) is 0 Å². The van der Waals surface area contributed by atoms with E-state index in [0.29, 0.717) is 32.2 Å². The van der Waals surface area contributed by atoms with Gasteiger partial charge in [0.1, 0.15) is 0 Å². The van der Waals surface area contributed by atoms with Crippen molar-refractivity contribution in [2.75, 3.05) is 6.54 Å². The van der Waals surface area contributed by atoms with Gasteiger partial charge in [0.05, 0.1) is 5.92 Å². The Morgan fingerprint density at radius 2 is 1.65 bits per heavy atom. The summed E-state index contributed by atoms with van der Waals surface area (Å²) >= 11 is 0. The van der Waals surface area contributed by atoms with E-state index in [0.717, 1.165) is 6.42 Å². The van der Waals surface area contributed by atoms with Crippen LogP contribution in [-0.2, 0) is 16.0 Å². The largest absolute Gasteiger partial charge is 0.481 e. The maximum atomic E-state index is 12.0. The molecule has 2 N–H and O–H groups in total. The van der Waals surface area contributed by atoms with Gasteiger partial charge in [-0.15, -0.1) is 0 Å². The number of rotatable bonds is 5. The molecule has 0 aromatic heterocycles. The molecular weight excluding hydrogens is 254 g/mol. The van der Waals surface area contributed by atoms with Crippen molar-refractivity contribution in [3.8, 4) is 0 Å². The van der Waals surface area contributed by atoms with Crippen molar-refractivity contribution >= 4 is 11.9 Å². The molecule has 0 aliphatic heterocycles. The van der Waals surface area contributed by atoms with Crippen LogP contribution < -0.4 is 5.32 Å². The first kappa shape index (κ1) is 14.6. The van der Waals surface area contributed by atoms with Crippen molar-refractivity contribution in [1.29, 1.82) is 0 Å². The van der Waals surface area contributed by atoms with Gasteiger partial charge >= 0.3 is 5.97 Å². The standard InChI is InChI=1S/C16H21NO3/c18-15(13-6-8-14(9-7-13)16(19)20)17-11-10-12-4-2-1-3-5-12/h1-5,13-14H,6-11H2,(H,17,18)(H,19,20)/t13-,14-. The second-order valence-corrected chi connectivity index (χ2v) is 5.41. The first-order chi connectivity index (χ1) is 9.66. The van der Waals surface area contributed by atoms with Gasteiger partial charge in [-0.25, -0.2) is 0 Å². The van der Waals surface area contributed by atoms with E-state index < -0.39 is 5.97 Å². The van der Waals surface area contributed by atoms with Crippen LogP contribution in [0.15, 0.2) is 30.3 Å². The molecule has 1 saturated carbocycles. The lowest BCUT2D eigenvalue weighted by Crippen LogP contribution is -2.35. The van der Waals surface area contributed by atoms with E-state index in [2.05, 4.69) is 5.32 Å². The van der Waals surface area contributed by atoms with Crippen LogP contribution in [0.25, 0.3) is 0 Å². The predicted octanol–water partition coefficient (Wildman–Crippen LogP) is 2.24. The fourth-order valence-corrected chi connectivity index (χ4v) is 2.72. The van der Waals surface area contributed by atoms with Crippen LogP contribution in [0.4, 0.5) is 0 Å². The zero-order valence-corrected chi connectivity index (χ0v) is 11.5. The van der Waals surface area contributed by atoms with Crippen molar-refractivity contribution < 1.29 is 14.7 Å². The monoisotopic (exact) mass is 275 g/mol. The minimum atomic E-state index is -0.729. The van der Waals surface area contributed by atoms with Crippen LogP contribution >= 0.6 is 0 Å². The Hall–Kier alpha value is -1.84. The highest BCUT2D eigenvalue weighted by atomic mass is 16.4. The molecule has 20 heavy (non-hydrogen) atoms. The number of amides is 1. The second kappa shape index (κ2) is 7.08. The van der Waals surface area contributed by atoms with Gasteiger partial charge in [-0.1, -0.05) is 30.3 Å². The number of carboxylic acid groups (broad SMARTS) is 1. The Morgan fingerprint density at radius 1 is 1.05 bits per heavy atom. The summed E-state index contributed by atoms with van der Waals surface area (Å²) < 4.78 is 0. The molecule has 0 bridgehead atoms. The first-order valence-electron chi connectivity index (χ1n) is 7.21. The SMILES string of the molecule is O=C(O)[C@H]1CC[C@H](C(=O)NCCc2ccccc2)CC1. The minimum Gasteiger partial charge on any atom is -0.481 e. The van der Waals surface area contributed by atoms with Gasteiger partial charge in [0.25, 0.3) is 0 Å².